The maximum Gasteiger partial charge on any atom is 0.0587 e. The van der Waals surface area contributed by atoms with Gasteiger partial charge in [-0.25, -0.2) is 0 Å². The minimum absolute atomic E-state index is 0.316. The van der Waals surface area contributed by atoms with Crippen molar-refractivity contribution in [2.45, 2.75) is 10.3 Å². The highest BCUT2D eigenvalue weighted by molar-refractivity contribution is 14.1. The molecule has 0 aromatic rings. The Labute approximate surface area is 68.7 Å². The lowest BCUT2D eigenvalue weighted by Crippen LogP contribution is -2.29. The largest absolute Gasteiger partial charge is 0.396 e. The minimum Gasteiger partial charge on any atom is -0.396 e. The van der Waals surface area contributed by atoms with Gasteiger partial charge in [0.25, 0.3) is 0 Å². The van der Waals surface area contributed by atoms with Gasteiger partial charge in [0.2, 0.25) is 0 Å². The Morgan fingerprint density at radius 3 is 2.89 bits per heavy atom. The van der Waals surface area contributed by atoms with Gasteiger partial charge in [-0.1, -0.05) is 22.6 Å². The van der Waals surface area contributed by atoms with Crippen LogP contribution in [-0.4, -0.2) is 28.9 Å². The number of alkyl halides is 1. The van der Waals surface area contributed by atoms with Crippen molar-refractivity contribution in [3.8, 4) is 0 Å². The van der Waals surface area contributed by atoms with Crippen LogP contribution in [0.25, 0.3) is 0 Å². The summed E-state index contributed by atoms with van der Waals surface area (Å²) in [6, 6.07) is 0. The number of aliphatic hydroxyl groups is 1. The van der Waals surface area contributed by atoms with Crippen LogP contribution in [0.15, 0.2) is 0 Å². The maximum atomic E-state index is 8.80. The van der Waals surface area contributed by atoms with Crippen LogP contribution in [-0.2, 0) is 4.74 Å². The molecule has 0 bridgehead atoms. The zero-order valence-corrected chi connectivity index (χ0v) is 7.37. The van der Waals surface area contributed by atoms with Gasteiger partial charge in [0.15, 0.2) is 0 Å². The van der Waals surface area contributed by atoms with E-state index in [1.807, 2.05) is 0 Å². The summed E-state index contributed by atoms with van der Waals surface area (Å²) in [4.78, 5) is 0. The van der Waals surface area contributed by atoms with Crippen molar-refractivity contribution in [2.75, 3.05) is 19.8 Å². The molecular formula is C6H11IO2. The SMILES string of the molecule is OCC1CCOCC1I. The molecule has 1 aliphatic rings. The number of ether oxygens (including phenoxy) is 1. The molecule has 1 saturated heterocycles. The average Bonchev–Trinajstić information content (AvgIpc) is 1.89. The molecule has 0 spiro atoms. The fraction of sp³-hybridized carbons (Fsp3) is 1.00. The first-order chi connectivity index (χ1) is 4.34. The summed E-state index contributed by atoms with van der Waals surface area (Å²) in [6.45, 7) is 1.95. The lowest BCUT2D eigenvalue weighted by Gasteiger charge is -2.25. The first-order valence-corrected chi connectivity index (χ1v) is 4.42. The second kappa shape index (κ2) is 3.73. The number of rotatable bonds is 1. The predicted octanol–water partition coefficient (Wildman–Crippen LogP) is 0.819. The molecule has 1 aliphatic heterocycles. The van der Waals surface area contributed by atoms with E-state index < -0.39 is 0 Å². The normalized spacial score (nSPS) is 36.7. The molecule has 0 aliphatic carbocycles. The third-order valence-electron chi connectivity index (χ3n) is 1.66. The quantitative estimate of drug-likeness (QED) is 0.544. The van der Waals surface area contributed by atoms with Gasteiger partial charge in [0.05, 0.1) is 6.61 Å². The molecule has 54 valence electrons. The van der Waals surface area contributed by atoms with E-state index >= 15 is 0 Å². The lowest BCUT2D eigenvalue weighted by atomic mass is 10.0. The van der Waals surface area contributed by atoms with Crippen molar-refractivity contribution in [3.63, 3.8) is 0 Å². The number of hydrogen-bond donors (Lipinski definition) is 1. The number of halogens is 1. The highest BCUT2D eigenvalue weighted by atomic mass is 127. The van der Waals surface area contributed by atoms with E-state index in [0.29, 0.717) is 16.4 Å². The third-order valence-corrected chi connectivity index (χ3v) is 3.03. The average molecular weight is 242 g/mol. The molecule has 0 amide bonds. The van der Waals surface area contributed by atoms with Crippen molar-refractivity contribution < 1.29 is 9.84 Å². The fourth-order valence-corrected chi connectivity index (χ4v) is 1.79. The second-order valence-corrected chi connectivity index (χ2v) is 3.92. The molecule has 1 fully saturated rings. The Morgan fingerprint density at radius 2 is 2.44 bits per heavy atom. The van der Waals surface area contributed by atoms with E-state index in [4.69, 9.17) is 9.84 Å². The Hall–Kier alpha value is 0.650. The maximum absolute atomic E-state index is 8.80. The topological polar surface area (TPSA) is 29.5 Å². The van der Waals surface area contributed by atoms with Crippen LogP contribution in [0.3, 0.4) is 0 Å². The summed E-state index contributed by atoms with van der Waals surface area (Å²) in [5.74, 6) is 0.472. The molecule has 1 heterocycles. The second-order valence-electron chi connectivity index (χ2n) is 2.32. The van der Waals surface area contributed by atoms with Crippen molar-refractivity contribution in [1.29, 1.82) is 0 Å². The number of aliphatic hydroxyl groups excluding tert-OH is 1. The first-order valence-electron chi connectivity index (χ1n) is 3.17. The van der Waals surface area contributed by atoms with Crippen molar-refractivity contribution >= 4 is 22.6 Å². The van der Waals surface area contributed by atoms with Crippen LogP contribution >= 0.6 is 22.6 Å². The van der Waals surface area contributed by atoms with Gasteiger partial charge in [-0.05, 0) is 12.3 Å². The highest BCUT2D eigenvalue weighted by Gasteiger charge is 2.21. The molecule has 0 radical (unpaired) electrons. The van der Waals surface area contributed by atoms with Crippen molar-refractivity contribution in [2.24, 2.45) is 5.92 Å². The molecule has 2 atom stereocenters. The minimum atomic E-state index is 0.316. The molecule has 0 saturated carbocycles. The molecule has 2 unspecified atom stereocenters. The molecule has 0 aromatic carbocycles. The van der Waals surface area contributed by atoms with Gasteiger partial charge in [-0.2, -0.15) is 0 Å². The summed E-state index contributed by atoms with van der Waals surface area (Å²) in [5.41, 5.74) is 0. The van der Waals surface area contributed by atoms with Crippen LogP contribution in [0.5, 0.6) is 0 Å². The Kier molecular flexibility index (Phi) is 3.21. The van der Waals surface area contributed by atoms with Crippen LogP contribution < -0.4 is 0 Å². The Balaban J connectivity index is 2.30. The van der Waals surface area contributed by atoms with Gasteiger partial charge in [0.1, 0.15) is 0 Å². The summed E-state index contributed by atoms with van der Waals surface area (Å²) in [6.07, 6.45) is 1.02. The molecule has 3 heteroatoms. The zero-order chi connectivity index (χ0) is 6.69. The monoisotopic (exact) mass is 242 g/mol. The van der Waals surface area contributed by atoms with Crippen LogP contribution in [0, 0.1) is 5.92 Å². The van der Waals surface area contributed by atoms with Crippen LogP contribution in [0.1, 0.15) is 6.42 Å². The van der Waals surface area contributed by atoms with Crippen molar-refractivity contribution in [3.05, 3.63) is 0 Å². The first kappa shape index (κ1) is 7.75. The van der Waals surface area contributed by atoms with Crippen LogP contribution in [0.4, 0.5) is 0 Å². The van der Waals surface area contributed by atoms with E-state index in [1.54, 1.807) is 0 Å². The standard InChI is InChI=1S/C6H11IO2/c7-6-4-9-2-1-5(6)3-8/h5-6,8H,1-4H2. The fourth-order valence-electron chi connectivity index (χ4n) is 0.953. The summed E-state index contributed by atoms with van der Waals surface area (Å²) < 4.78 is 5.71. The van der Waals surface area contributed by atoms with Gasteiger partial charge >= 0.3 is 0 Å². The highest BCUT2D eigenvalue weighted by Crippen LogP contribution is 2.21. The van der Waals surface area contributed by atoms with Gasteiger partial charge in [-0.3, -0.25) is 0 Å². The van der Waals surface area contributed by atoms with Crippen molar-refractivity contribution in [1.82, 2.24) is 0 Å². The zero-order valence-electron chi connectivity index (χ0n) is 5.22. The number of hydrogen-bond acceptors (Lipinski definition) is 2. The third kappa shape index (κ3) is 2.05. The van der Waals surface area contributed by atoms with E-state index in [-0.39, 0.29) is 0 Å². The lowest BCUT2D eigenvalue weighted by molar-refractivity contribution is 0.0555. The Bertz CT molecular complexity index is 87.1. The molecular weight excluding hydrogens is 231 g/mol. The molecule has 9 heavy (non-hydrogen) atoms. The van der Waals surface area contributed by atoms with E-state index in [1.165, 1.54) is 0 Å². The van der Waals surface area contributed by atoms with Gasteiger partial charge < -0.3 is 9.84 Å². The predicted molar refractivity (Wildman–Crippen MR) is 43.8 cm³/mol. The summed E-state index contributed by atoms with van der Waals surface area (Å²) in [7, 11) is 0. The van der Waals surface area contributed by atoms with Gasteiger partial charge in [-0.15, -0.1) is 0 Å². The van der Waals surface area contributed by atoms with Crippen LogP contribution in [0.2, 0.25) is 0 Å². The van der Waals surface area contributed by atoms with E-state index in [0.717, 1.165) is 19.6 Å². The molecule has 2 nitrogen and oxygen atoms in total. The van der Waals surface area contributed by atoms with E-state index in [2.05, 4.69) is 22.6 Å². The summed E-state index contributed by atoms with van der Waals surface area (Å²) >= 11 is 2.33. The van der Waals surface area contributed by atoms with E-state index in [9.17, 15) is 0 Å². The summed E-state index contributed by atoms with van der Waals surface area (Å²) in [5, 5.41) is 8.80. The smallest absolute Gasteiger partial charge is 0.0587 e. The van der Waals surface area contributed by atoms with Gasteiger partial charge in [0, 0.05) is 17.1 Å². The molecule has 1 rings (SSSR count). The Morgan fingerprint density at radius 1 is 1.67 bits per heavy atom. The molecule has 1 N–H and O–H groups in total. The molecule has 0 aromatic heterocycles.